The van der Waals surface area contributed by atoms with Crippen molar-refractivity contribution in [2.24, 2.45) is 0 Å². The van der Waals surface area contributed by atoms with Crippen LogP contribution in [-0.4, -0.2) is 5.90 Å². The van der Waals surface area contributed by atoms with Crippen LogP contribution in [0, 0.1) is 0 Å². The predicted molar refractivity (Wildman–Crippen MR) is 126 cm³/mol. The smallest absolute Gasteiger partial charge is 0.416 e. The standard InChI is InChI=1S/C25H22O4P2/c26-30(24-17-9-3-10-18-24,25-19-11-4-12-20-25)21-31(27,28-22-13-5-1-6-14-22)29-23-15-7-2-8-16-23/h1-20H,21H2. The summed E-state index contributed by atoms with van der Waals surface area (Å²) in [6.07, 6.45) is 0. The third kappa shape index (κ3) is 5.17. The monoisotopic (exact) mass is 448 g/mol. The average Bonchev–Trinajstić information content (AvgIpc) is 2.81. The molecule has 4 rings (SSSR count). The van der Waals surface area contributed by atoms with E-state index in [1.165, 1.54) is 0 Å². The molecule has 0 unspecified atom stereocenters. The summed E-state index contributed by atoms with van der Waals surface area (Å²) in [7, 11) is -7.21. The maximum Gasteiger partial charge on any atom is 0.438 e. The van der Waals surface area contributed by atoms with Crippen LogP contribution >= 0.6 is 14.7 Å². The minimum absolute atomic E-state index is 0.266. The quantitative estimate of drug-likeness (QED) is 0.297. The Bertz CT molecular complexity index is 1110. The molecule has 0 radical (unpaired) electrons. The fraction of sp³-hybridized carbons (Fsp3) is 0.0400. The van der Waals surface area contributed by atoms with Crippen molar-refractivity contribution in [3.05, 3.63) is 121 Å². The maximum atomic E-state index is 14.5. The van der Waals surface area contributed by atoms with Crippen molar-refractivity contribution in [1.29, 1.82) is 0 Å². The van der Waals surface area contributed by atoms with Crippen molar-refractivity contribution in [2.45, 2.75) is 0 Å². The summed E-state index contributed by atoms with van der Waals surface area (Å²) >= 11 is 0. The highest BCUT2D eigenvalue weighted by atomic mass is 31.2. The van der Waals surface area contributed by atoms with Gasteiger partial charge in [0.25, 0.3) is 0 Å². The van der Waals surface area contributed by atoms with Crippen molar-refractivity contribution in [3.8, 4) is 11.5 Å². The zero-order valence-electron chi connectivity index (χ0n) is 16.8. The SMILES string of the molecule is O=P(CP(=O)(c1ccccc1)c1ccccc1)(Oc1ccccc1)Oc1ccccc1. The zero-order chi connectivity index (χ0) is 21.6. The lowest BCUT2D eigenvalue weighted by Crippen LogP contribution is -2.20. The first kappa shape index (κ1) is 21.2. The van der Waals surface area contributed by atoms with E-state index in [9.17, 15) is 9.13 Å². The first-order chi connectivity index (χ1) is 15.1. The van der Waals surface area contributed by atoms with Crippen molar-refractivity contribution >= 4 is 25.3 Å². The van der Waals surface area contributed by atoms with E-state index in [4.69, 9.17) is 9.05 Å². The summed E-state index contributed by atoms with van der Waals surface area (Å²) in [5.74, 6) is 0.529. The summed E-state index contributed by atoms with van der Waals surface area (Å²) < 4.78 is 40.4. The minimum Gasteiger partial charge on any atom is -0.416 e. The molecule has 6 heteroatoms. The molecule has 0 heterocycles. The molecule has 0 amide bonds. The molecule has 0 saturated carbocycles. The highest BCUT2D eigenvalue weighted by Crippen LogP contribution is 2.61. The molecule has 0 aliphatic heterocycles. The van der Waals surface area contributed by atoms with E-state index < -0.39 is 14.7 Å². The number of para-hydroxylation sites is 2. The van der Waals surface area contributed by atoms with E-state index in [1.807, 2.05) is 48.5 Å². The second kappa shape index (κ2) is 9.39. The molecule has 0 aliphatic carbocycles. The van der Waals surface area contributed by atoms with Gasteiger partial charge in [-0.25, -0.2) is 4.57 Å². The molecule has 0 aliphatic rings. The van der Waals surface area contributed by atoms with Crippen LogP contribution < -0.4 is 19.7 Å². The Balaban J connectivity index is 1.79. The van der Waals surface area contributed by atoms with Gasteiger partial charge in [-0.05, 0) is 24.3 Å². The van der Waals surface area contributed by atoms with Crippen molar-refractivity contribution in [3.63, 3.8) is 0 Å². The summed E-state index contributed by atoms with van der Waals surface area (Å²) in [5, 5.41) is 1.21. The van der Waals surface area contributed by atoms with Gasteiger partial charge in [-0.15, -0.1) is 0 Å². The Kier molecular flexibility index (Phi) is 6.42. The van der Waals surface area contributed by atoms with Crippen LogP contribution in [-0.2, 0) is 9.13 Å². The molecule has 0 aromatic heterocycles. The van der Waals surface area contributed by atoms with Crippen LogP contribution in [0.25, 0.3) is 0 Å². The van der Waals surface area contributed by atoms with Crippen LogP contribution in [0.5, 0.6) is 11.5 Å². The maximum absolute atomic E-state index is 14.5. The molecule has 4 aromatic carbocycles. The molecule has 0 spiro atoms. The zero-order valence-corrected chi connectivity index (χ0v) is 18.6. The lowest BCUT2D eigenvalue weighted by molar-refractivity contribution is 0.391. The predicted octanol–water partition coefficient (Wildman–Crippen LogP) is 6.31. The summed E-state index contributed by atoms with van der Waals surface area (Å²) in [5.41, 5.74) is 0. The number of benzene rings is 4. The van der Waals surface area contributed by atoms with Crippen LogP contribution in [0.15, 0.2) is 121 Å². The van der Waals surface area contributed by atoms with E-state index in [2.05, 4.69) is 0 Å². The van der Waals surface area contributed by atoms with E-state index in [1.54, 1.807) is 72.8 Å². The molecular weight excluding hydrogens is 426 g/mol. The Hall–Kier alpha value is -3.06. The molecule has 4 nitrogen and oxygen atoms in total. The molecule has 0 saturated heterocycles. The van der Waals surface area contributed by atoms with Gasteiger partial charge in [-0.2, -0.15) is 0 Å². The van der Waals surface area contributed by atoms with Gasteiger partial charge in [0.15, 0.2) is 7.14 Å². The Morgan fingerprint density at radius 1 is 0.484 bits per heavy atom. The summed E-state index contributed by atoms with van der Waals surface area (Å²) in [4.78, 5) is 0. The van der Waals surface area contributed by atoms with Crippen molar-refractivity contribution in [1.82, 2.24) is 0 Å². The second-order valence-corrected chi connectivity index (χ2v) is 12.2. The van der Waals surface area contributed by atoms with Gasteiger partial charge in [-0.3, -0.25) is 0 Å². The topological polar surface area (TPSA) is 52.6 Å². The first-order valence-corrected chi connectivity index (χ1v) is 13.5. The van der Waals surface area contributed by atoms with Gasteiger partial charge in [0.1, 0.15) is 17.4 Å². The van der Waals surface area contributed by atoms with Crippen molar-refractivity contribution < 1.29 is 18.2 Å². The van der Waals surface area contributed by atoms with Crippen molar-refractivity contribution in [2.75, 3.05) is 5.90 Å². The third-order valence-electron chi connectivity index (χ3n) is 4.69. The Morgan fingerprint density at radius 3 is 1.16 bits per heavy atom. The molecule has 0 atom stereocenters. The minimum atomic E-state index is -3.88. The van der Waals surface area contributed by atoms with E-state index in [0.29, 0.717) is 22.1 Å². The molecule has 4 aromatic rings. The summed E-state index contributed by atoms with van der Waals surface area (Å²) in [6, 6.07) is 35.9. The fourth-order valence-corrected chi connectivity index (χ4v) is 9.50. The van der Waals surface area contributed by atoms with Gasteiger partial charge in [0.2, 0.25) is 0 Å². The molecule has 156 valence electrons. The van der Waals surface area contributed by atoms with Crippen LogP contribution in [0.4, 0.5) is 0 Å². The Labute approximate surface area is 182 Å². The van der Waals surface area contributed by atoms with Crippen LogP contribution in [0.2, 0.25) is 0 Å². The lowest BCUT2D eigenvalue weighted by atomic mass is 10.3. The normalized spacial score (nSPS) is 11.6. The number of hydrogen-bond donors (Lipinski definition) is 0. The third-order valence-corrected chi connectivity index (χ3v) is 10.9. The van der Waals surface area contributed by atoms with Crippen LogP contribution in [0.1, 0.15) is 0 Å². The van der Waals surface area contributed by atoms with Gasteiger partial charge in [0, 0.05) is 10.6 Å². The number of hydrogen-bond acceptors (Lipinski definition) is 4. The molecular formula is C25H22O4P2. The highest BCUT2D eigenvalue weighted by Gasteiger charge is 2.41. The van der Waals surface area contributed by atoms with Gasteiger partial charge < -0.3 is 13.6 Å². The van der Waals surface area contributed by atoms with E-state index in [-0.39, 0.29) is 5.90 Å². The molecule has 0 bridgehead atoms. The van der Waals surface area contributed by atoms with Gasteiger partial charge in [0.05, 0.1) is 0 Å². The van der Waals surface area contributed by atoms with Gasteiger partial charge >= 0.3 is 7.60 Å². The fourth-order valence-electron chi connectivity index (χ4n) is 3.25. The van der Waals surface area contributed by atoms with E-state index >= 15 is 0 Å². The molecule has 0 fully saturated rings. The van der Waals surface area contributed by atoms with Crippen LogP contribution in [0.3, 0.4) is 0 Å². The first-order valence-electron chi connectivity index (χ1n) is 9.86. The summed E-state index contributed by atoms with van der Waals surface area (Å²) in [6.45, 7) is 0. The number of rotatable bonds is 8. The largest absolute Gasteiger partial charge is 0.438 e. The second-order valence-electron chi connectivity index (χ2n) is 6.97. The average molecular weight is 448 g/mol. The highest BCUT2D eigenvalue weighted by molar-refractivity contribution is 7.86. The Morgan fingerprint density at radius 2 is 0.806 bits per heavy atom. The lowest BCUT2D eigenvalue weighted by Gasteiger charge is -2.25. The molecule has 0 N–H and O–H groups in total. The van der Waals surface area contributed by atoms with E-state index in [0.717, 1.165) is 0 Å². The van der Waals surface area contributed by atoms with Gasteiger partial charge in [-0.1, -0.05) is 97.1 Å². The molecule has 31 heavy (non-hydrogen) atoms.